The Kier molecular flexibility index (Phi) is 6.90. The lowest BCUT2D eigenvalue weighted by Gasteiger charge is -2.13. The Hall–Kier alpha value is -4.16. The third-order valence-electron chi connectivity index (χ3n) is 5.30. The van der Waals surface area contributed by atoms with Crippen LogP contribution in [-0.4, -0.2) is 22.9 Å². The maximum absolute atomic E-state index is 13.0. The normalized spacial score (nSPS) is 10.6. The van der Waals surface area contributed by atoms with Gasteiger partial charge in [-0.25, -0.2) is 0 Å². The molecule has 4 aromatic carbocycles. The molecule has 0 aliphatic heterocycles. The third kappa shape index (κ3) is 5.60. The van der Waals surface area contributed by atoms with Crippen molar-refractivity contribution in [2.45, 2.75) is 12.8 Å². The van der Waals surface area contributed by atoms with Gasteiger partial charge in [0.1, 0.15) is 0 Å². The molecule has 0 unspecified atom stereocenters. The molecule has 4 aromatic rings. The van der Waals surface area contributed by atoms with Crippen LogP contribution in [-0.2, 0) is 11.2 Å². The summed E-state index contributed by atoms with van der Waals surface area (Å²) < 4.78 is 0. The second-order valence-electron chi connectivity index (χ2n) is 7.75. The highest BCUT2D eigenvalue weighted by Crippen LogP contribution is 2.24. The smallest absolute Gasteiger partial charge is 0.303 e. The lowest BCUT2D eigenvalue weighted by molar-refractivity contribution is -0.136. The summed E-state index contributed by atoms with van der Waals surface area (Å²) in [5, 5.41) is 16.8. The van der Waals surface area contributed by atoms with Crippen LogP contribution in [0.1, 0.15) is 32.7 Å². The summed E-state index contributed by atoms with van der Waals surface area (Å²) in [5.41, 5.74) is 2.30. The van der Waals surface area contributed by atoms with Crippen LogP contribution in [0.2, 0.25) is 5.02 Å². The summed E-state index contributed by atoms with van der Waals surface area (Å²) in [6, 6.07) is 24.7. The predicted octanol–water partition coefficient (Wildman–Crippen LogP) is 6.02. The molecule has 0 radical (unpaired) electrons. The van der Waals surface area contributed by atoms with Crippen LogP contribution in [0.5, 0.6) is 0 Å². The van der Waals surface area contributed by atoms with Crippen LogP contribution >= 0.6 is 11.6 Å². The van der Waals surface area contributed by atoms with Gasteiger partial charge in [-0.2, -0.15) is 0 Å². The number of fused-ring (bicyclic) bond motifs is 1. The Morgan fingerprint density at radius 2 is 1.56 bits per heavy atom. The maximum atomic E-state index is 13.0. The number of anilines is 2. The minimum Gasteiger partial charge on any atom is -0.481 e. The number of carbonyl (C=O) groups excluding carboxylic acids is 2. The van der Waals surface area contributed by atoms with Gasteiger partial charge in [0.05, 0.1) is 11.3 Å². The Bertz CT molecular complexity index is 1400. The lowest BCUT2D eigenvalue weighted by atomic mass is 10.1. The summed E-state index contributed by atoms with van der Waals surface area (Å²) in [5.74, 6) is -1.68. The van der Waals surface area contributed by atoms with Gasteiger partial charge in [0.25, 0.3) is 11.8 Å². The Morgan fingerprint density at radius 1 is 0.765 bits per heavy atom. The quantitative estimate of drug-likeness (QED) is 0.306. The summed E-state index contributed by atoms with van der Waals surface area (Å²) in [6.07, 6.45) is 0.354. The van der Waals surface area contributed by atoms with E-state index in [0.29, 0.717) is 22.7 Å². The number of carbonyl (C=O) groups is 3. The zero-order chi connectivity index (χ0) is 24.1. The van der Waals surface area contributed by atoms with Crippen LogP contribution in [0.4, 0.5) is 11.4 Å². The van der Waals surface area contributed by atoms with Crippen molar-refractivity contribution in [3.63, 3.8) is 0 Å². The molecule has 6 nitrogen and oxygen atoms in total. The van der Waals surface area contributed by atoms with Crippen molar-refractivity contribution in [1.82, 2.24) is 0 Å². The minimum atomic E-state index is -0.887. The van der Waals surface area contributed by atoms with Crippen molar-refractivity contribution in [2.75, 3.05) is 10.6 Å². The van der Waals surface area contributed by atoms with E-state index in [4.69, 9.17) is 16.7 Å². The van der Waals surface area contributed by atoms with E-state index >= 15 is 0 Å². The van der Waals surface area contributed by atoms with Crippen molar-refractivity contribution < 1.29 is 19.5 Å². The van der Waals surface area contributed by atoms with Crippen LogP contribution in [0.3, 0.4) is 0 Å². The molecular weight excluding hydrogens is 452 g/mol. The van der Waals surface area contributed by atoms with Gasteiger partial charge < -0.3 is 15.7 Å². The number of aryl methyl sites for hydroxylation is 1. The highest BCUT2D eigenvalue weighted by atomic mass is 35.5. The van der Waals surface area contributed by atoms with Crippen molar-refractivity contribution in [2.24, 2.45) is 0 Å². The van der Waals surface area contributed by atoms with Crippen molar-refractivity contribution in [3.05, 3.63) is 107 Å². The number of rotatable bonds is 7. The number of carboxylic acids is 1. The first kappa shape index (κ1) is 23.0. The molecular formula is C27H21ClN2O4. The van der Waals surface area contributed by atoms with E-state index < -0.39 is 11.9 Å². The van der Waals surface area contributed by atoms with Crippen LogP contribution in [0, 0.1) is 0 Å². The monoisotopic (exact) mass is 472 g/mol. The summed E-state index contributed by atoms with van der Waals surface area (Å²) in [7, 11) is 0. The molecule has 0 aliphatic rings. The fourth-order valence-electron chi connectivity index (χ4n) is 3.60. The standard InChI is InChI=1S/C27H21ClN2O4/c28-21-11-12-23(27(34)29-22-7-3-4-17(14-22)8-13-25(31)32)24(16-21)30-26(33)20-10-9-18-5-1-2-6-19(18)15-20/h1-7,9-12,14-16H,8,13H2,(H,29,34)(H,30,33)(H,31,32). The largest absolute Gasteiger partial charge is 0.481 e. The van der Waals surface area contributed by atoms with Gasteiger partial charge in [-0.1, -0.05) is 54.1 Å². The van der Waals surface area contributed by atoms with Crippen LogP contribution in [0.15, 0.2) is 84.9 Å². The second-order valence-corrected chi connectivity index (χ2v) is 8.19. The molecule has 0 fully saturated rings. The lowest BCUT2D eigenvalue weighted by Crippen LogP contribution is -2.18. The molecule has 0 saturated heterocycles. The Morgan fingerprint density at radius 3 is 2.35 bits per heavy atom. The van der Waals surface area contributed by atoms with Gasteiger partial charge in [0.2, 0.25) is 0 Å². The molecule has 4 rings (SSSR count). The number of hydrogen-bond donors (Lipinski definition) is 3. The molecule has 0 atom stereocenters. The van der Waals surface area contributed by atoms with Crippen molar-refractivity contribution in [1.29, 1.82) is 0 Å². The molecule has 0 aromatic heterocycles. The SMILES string of the molecule is O=C(O)CCc1cccc(NC(=O)c2ccc(Cl)cc2NC(=O)c2ccc3ccccc3c2)c1. The van der Waals surface area contributed by atoms with Crippen LogP contribution in [0.25, 0.3) is 10.8 Å². The maximum Gasteiger partial charge on any atom is 0.303 e. The second kappa shape index (κ2) is 10.2. The average Bonchev–Trinajstić information content (AvgIpc) is 2.82. The molecule has 34 heavy (non-hydrogen) atoms. The average molecular weight is 473 g/mol. The highest BCUT2D eigenvalue weighted by molar-refractivity contribution is 6.31. The predicted molar refractivity (Wildman–Crippen MR) is 134 cm³/mol. The van der Waals surface area contributed by atoms with E-state index in [1.807, 2.05) is 30.3 Å². The summed E-state index contributed by atoms with van der Waals surface area (Å²) >= 11 is 6.14. The van der Waals surface area contributed by atoms with E-state index in [1.54, 1.807) is 48.5 Å². The number of aliphatic carboxylic acids is 1. The van der Waals surface area contributed by atoms with E-state index in [1.165, 1.54) is 6.07 Å². The molecule has 2 amide bonds. The number of benzene rings is 4. The minimum absolute atomic E-state index is 0.000460. The van der Waals surface area contributed by atoms with Gasteiger partial charge >= 0.3 is 5.97 Å². The number of carboxylic acid groups (broad SMARTS) is 1. The Labute approximate surface area is 201 Å². The van der Waals surface area contributed by atoms with Crippen LogP contribution < -0.4 is 10.6 Å². The number of halogens is 1. The van der Waals surface area contributed by atoms with E-state index in [-0.39, 0.29) is 23.6 Å². The van der Waals surface area contributed by atoms with Gasteiger partial charge in [-0.3, -0.25) is 14.4 Å². The fourth-order valence-corrected chi connectivity index (χ4v) is 3.77. The van der Waals surface area contributed by atoms with Crippen molar-refractivity contribution in [3.8, 4) is 0 Å². The molecule has 0 spiro atoms. The van der Waals surface area contributed by atoms with E-state index in [9.17, 15) is 14.4 Å². The van der Waals surface area contributed by atoms with Gasteiger partial charge in [0.15, 0.2) is 0 Å². The molecule has 0 heterocycles. The van der Waals surface area contributed by atoms with E-state index in [2.05, 4.69) is 10.6 Å². The highest BCUT2D eigenvalue weighted by Gasteiger charge is 2.16. The summed E-state index contributed by atoms with van der Waals surface area (Å²) in [4.78, 5) is 36.8. The molecule has 0 bridgehead atoms. The van der Waals surface area contributed by atoms with Gasteiger partial charge in [0, 0.05) is 22.7 Å². The molecule has 3 N–H and O–H groups in total. The zero-order valence-electron chi connectivity index (χ0n) is 18.0. The fraction of sp³-hybridized carbons (Fsp3) is 0.0741. The Balaban J connectivity index is 1.54. The van der Waals surface area contributed by atoms with Crippen molar-refractivity contribution >= 4 is 51.5 Å². The topological polar surface area (TPSA) is 95.5 Å². The number of hydrogen-bond acceptors (Lipinski definition) is 3. The van der Waals surface area contributed by atoms with Gasteiger partial charge in [-0.05, 0) is 65.2 Å². The van der Waals surface area contributed by atoms with Gasteiger partial charge in [-0.15, -0.1) is 0 Å². The molecule has 7 heteroatoms. The molecule has 170 valence electrons. The number of nitrogens with one attached hydrogen (secondary N) is 2. The number of amides is 2. The molecule has 0 aliphatic carbocycles. The summed E-state index contributed by atoms with van der Waals surface area (Å²) in [6.45, 7) is 0. The first-order valence-electron chi connectivity index (χ1n) is 10.6. The third-order valence-corrected chi connectivity index (χ3v) is 5.53. The first-order chi connectivity index (χ1) is 16.4. The first-order valence-corrected chi connectivity index (χ1v) is 11.0. The van der Waals surface area contributed by atoms with E-state index in [0.717, 1.165) is 16.3 Å². The molecule has 0 saturated carbocycles. The zero-order valence-corrected chi connectivity index (χ0v) is 18.8.